The van der Waals surface area contributed by atoms with E-state index in [4.69, 9.17) is 16.3 Å². The third kappa shape index (κ3) is 6.06. The number of halogens is 1. The molecular formula is C19H21ClN2O4. The highest BCUT2D eigenvalue weighted by atomic mass is 35.5. The molecule has 0 heterocycles. The summed E-state index contributed by atoms with van der Waals surface area (Å²) in [7, 11) is 0. The van der Waals surface area contributed by atoms with Crippen LogP contribution in [0.1, 0.15) is 22.8 Å². The first-order valence-corrected chi connectivity index (χ1v) is 8.59. The van der Waals surface area contributed by atoms with Gasteiger partial charge in [0, 0.05) is 10.7 Å². The Balaban J connectivity index is 1.96. The van der Waals surface area contributed by atoms with E-state index >= 15 is 0 Å². The number of hydrogen-bond donors (Lipinski definition) is 3. The Morgan fingerprint density at radius 2 is 1.92 bits per heavy atom. The van der Waals surface area contributed by atoms with Gasteiger partial charge in [-0.1, -0.05) is 23.7 Å². The smallest absolute Gasteiger partial charge is 0.338 e. The second-order valence-corrected chi connectivity index (χ2v) is 6.05. The lowest BCUT2D eigenvalue weighted by Crippen LogP contribution is -2.41. The first-order valence-electron chi connectivity index (χ1n) is 8.21. The number of rotatable bonds is 7. The summed E-state index contributed by atoms with van der Waals surface area (Å²) in [6.45, 7) is 1.80. The van der Waals surface area contributed by atoms with E-state index in [2.05, 4.69) is 10.6 Å². The zero-order valence-corrected chi connectivity index (χ0v) is 15.1. The standard InChI is InChI=1S/C19H21ClN2O4/c1-2-26-18(24)14-5-3-4-13(10-14)11-17(12-23)22-19(25)21-16-8-6-15(20)7-9-16/h3-10,17,23H,2,11-12H2,1H3,(H2,21,22,25). The van der Waals surface area contributed by atoms with E-state index in [1.54, 1.807) is 49.4 Å². The van der Waals surface area contributed by atoms with Crippen LogP contribution in [0, 0.1) is 0 Å². The van der Waals surface area contributed by atoms with Gasteiger partial charge in [0.2, 0.25) is 0 Å². The Hall–Kier alpha value is -2.57. The molecule has 2 amide bonds. The van der Waals surface area contributed by atoms with Gasteiger partial charge in [0.25, 0.3) is 0 Å². The Kier molecular flexibility index (Phi) is 7.44. The number of nitrogens with one attached hydrogen (secondary N) is 2. The molecule has 0 bridgehead atoms. The first-order chi connectivity index (χ1) is 12.5. The van der Waals surface area contributed by atoms with E-state index in [0.717, 1.165) is 5.56 Å². The van der Waals surface area contributed by atoms with Crippen molar-refractivity contribution in [2.75, 3.05) is 18.5 Å². The fourth-order valence-corrected chi connectivity index (χ4v) is 2.50. The number of aliphatic hydroxyl groups is 1. The third-order valence-electron chi connectivity index (χ3n) is 3.58. The molecule has 0 spiro atoms. The van der Waals surface area contributed by atoms with E-state index in [1.165, 1.54) is 0 Å². The third-order valence-corrected chi connectivity index (χ3v) is 3.83. The average Bonchev–Trinajstić information content (AvgIpc) is 2.63. The normalized spacial score (nSPS) is 11.5. The minimum Gasteiger partial charge on any atom is -0.462 e. The molecule has 0 aliphatic heterocycles. The van der Waals surface area contributed by atoms with Gasteiger partial charge in [-0.25, -0.2) is 9.59 Å². The Bertz CT molecular complexity index is 749. The quantitative estimate of drug-likeness (QED) is 0.647. The molecule has 7 heteroatoms. The molecule has 2 aromatic rings. The van der Waals surface area contributed by atoms with Crippen LogP contribution in [-0.4, -0.2) is 36.4 Å². The van der Waals surface area contributed by atoms with Crippen LogP contribution >= 0.6 is 11.6 Å². The SMILES string of the molecule is CCOC(=O)c1cccc(CC(CO)NC(=O)Nc2ccc(Cl)cc2)c1. The van der Waals surface area contributed by atoms with Crippen molar-refractivity contribution in [3.63, 3.8) is 0 Å². The number of esters is 1. The Labute approximate surface area is 157 Å². The van der Waals surface area contributed by atoms with Gasteiger partial charge in [-0.3, -0.25) is 0 Å². The van der Waals surface area contributed by atoms with Gasteiger partial charge in [-0.2, -0.15) is 0 Å². The summed E-state index contributed by atoms with van der Waals surface area (Å²) in [5.74, 6) is -0.400. The van der Waals surface area contributed by atoms with Crippen molar-refractivity contribution in [1.82, 2.24) is 5.32 Å². The summed E-state index contributed by atoms with van der Waals surface area (Å²) in [4.78, 5) is 23.9. The number of amides is 2. The van der Waals surface area contributed by atoms with Crippen LogP contribution in [0.5, 0.6) is 0 Å². The molecule has 1 atom stereocenters. The Morgan fingerprint density at radius 3 is 2.58 bits per heavy atom. The number of ether oxygens (including phenoxy) is 1. The maximum atomic E-state index is 12.1. The molecule has 0 saturated heterocycles. The predicted octanol–water partition coefficient (Wildman–Crippen LogP) is 3.24. The molecule has 2 aromatic carbocycles. The zero-order chi connectivity index (χ0) is 18.9. The minimum atomic E-state index is -0.500. The summed E-state index contributed by atoms with van der Waals surface area (Å²) in [5, 5.41) is 15.5. The van der Waals surface area contributed by atoms with Crippen molar-refractivity contribution in [2.24, 2.45) is 0 Å². The summed E-state index contributed by atoms with van der Waals surface area (Å²) >= 11 is 5.81. The second-order valence-electron chi connectivity index (χ2n) is 5.61. The Morgan fingerprint density at radius 1 is 1.19 bits per heavy atom. The van der Waals surface area contributed by atoms with E-state index < -0.39 is 18.0 Å². The van der Waals surface area contributed by atoms with E-state index in [0.29, 0.717) is 29.3 Å². The highest BCUT2D eigenvalue weighted by molar-refractivity contribution is 6.30. The molecule has 0 aliphatic rings. The average molecular weight is 377 g/mol. The van der Waals surface area contributed by atoms with Crippen molar-refractivity contribution in [1.29, 1.82) is 0 Å². The number of aliphatic hydroxyl groups excluding tert-OH is 1. The van der Waals surface area contributed by atoms with Crippen LogP contribution in [0.15, 0.2) is 48.5 Å². The topological polar surface area (TPSA) is 87.7 Å². The van der Waals surface area contributed by atoms with Gasteiger partial charge >= 0.3 is 12.0 Å². The number of carbonyl (C=O) groups is 2. The minimum absolute atomic E-state index is 0.238. The van der Waals surface area contributed by atoms with Crippen molar-refractivity contribution in [3.8, 4) is 0 Å². The van der Waals surface area contributed by atoms with Crippen molar-refractivity contribution in [2.45, 2.75) is 19.4 Å². The molecule has 0 radical (unpaired) electrons. The monoisotopic (exact) mass is 376 g/mol. The van der Waals surface area contributed by atoms with Crippen molar-refractivity contribution >= 4 is 29.3 Å². The molecule has 6 nitrogen and oxygen atoms in total. The molecule has 0 fully saturated rings. The second kappa shape index (κ2) is 9.79. The number of anilines is 1. The number of benzene rings is 2. The number of urea groups is 1. The van der Waals surface area contributed by atoms with Gasteiger partial charge in [0.1, 0.15) is 0 Å². The lowest BCUT2D eigenvalue weighted by atomic mass is 10.0. The molecule has 3 N–H and O–H groups in total. The maximum Gasteiger partial charge on any atom is 0.338 e. The van der Waals surface area contributed by atoms with Gasteiger partial charge in [-0.05, 0) is 55.3 Å². The zero-order valence-electron chi connectivity index (χ0n) is 14.4. The molecular weight excluding hydrogens is 356 g/mol. The molecule has 26 heavy (non-hydrogen) atoms. The van der Waals surface area contributed by atoms with Gasteiger partial charge in [0.15, 0.2) is 0 Å². The fraction of sp³-hybridized carbons (Fsp3) is 0.263. The molecule has 0 saturated carbocycles. The van der Waals surface area contributed by atoms with E-state index in [-0.39, 0.29) is 6.61 Å². The summed E-state index contributed by atoms with van der Waals surface area (Å²) in [6.07, 6.45) is 0.373. The van der Waals surface area contributed by atoms with E-state index in [1.807, 2.05) is 6.07 Å². The molecule has 0 aliphatic carbocycles. The maximum absolute atomic E-state index is 12.1. The van der Waals surface area contributed by atoms with Crippen LogP contribution < -0.4 is 10.6 Å². The molecule has 0 aromatic heterocycles. The number of carbonyl (C=O) groups excluding carboxylic acids is 2. The van der Waals surface area contributed by atoms with Crippen LogP contribution in [0.2, 0.25) is 5.02 Å². The first kappa shape index (κ1) is 19.8. The van der Waals surface area contributed by atoms with Gasteiger partial charge in [-0.15, -0.1) is 0 Å². The lowest BCUT2D eigenvalue weighted by Gasteiger charge is -2.17. The highest BCUT2D eigenvalue weighted by Gasteiger charge is 2.14. The van der Waals surface area contributed by atoms with Gasteiger partial charge < -0.3 is 20.5 Å². The van der Waals surface area contributed by atoms with Crippen LogP contribution in [0.25, 0.3) is 0 Å². The molecule has 138 valence electrons. The van der Waals surface area contributed by atoms with Gasteiger partial charge in [0.05, 0.1) is 24.8 Å². The predicted molar refractivity (Wildman–Crippen MR) is 101 cm³/mol. The fourth-order valence-electron chi connectivity index (χ4n) is 2.37. The van der Waals surface area contributed by atoms with Crippen LogP contribution in [0.4, 0.5) is 10.5 Å². The van der Waals surface area contributed by atoms with Crippen molar-refractivity contribution in [3.05, 3.63) is 64.7 Å². The van der Waals surface area contributed by atoms with Crippen LogP contribution in [0.3, 0.4) is 0 Å². The summed E-state index contributed by atoms with van der Waals surface area (Å²) in [5.41, 5.74) is 1.83. The summed E-state index contributed by atoms with van der Waals surface area (Å²) < 4.78 is 4.98. The van der Waals surface area contributed by atoms with Crippen LogP contribution in [-0.2, 0) is 11.2 Å². The van der Waals surface area contributed by atoms with Crippen molar-refractivity contribution < 1.29 is 19.4 Å². The summed E-state index contributed by atoms with van der Waals surface area (Å²) in [6, 6.07) is 12.7. The highest BCUT2D eigenvalue weighted by Crippen LogP contribution is 2.13. The number of hydrogen-bond acceptors (Lipinski definition) is 4. The molecule has 2 rings (SSSR count). The van der Waals surface area contributed by atoms with E-state index in [9.17, 15) is 14.7 Å². The lowest BCUT2D eigenvalue weighted by molar-refractivity contribution is 0.0526. The largest absolute Gasteiger partial charge is 0.462 e. The molecule has 1 unspecified atom stereocenters.